The fourth-order valence-corrected chi connectivity index (χ4v) is 2.99. The van der Waals surface area contributed by atoms with E-state index in [4.69, 9.17) is 15.2 Å². The quantitative estimate of drug-likeness (QED) is 0.860. The molecule has 1 atom stereocenters. The third-order valence-electron chi connectivity index (χ3n) is 2.88. The Hall–Kier alpha value is -0.870. The Morgan fingerprint density at radius 2 is 1.94 bits per heavy atom. The first-order chi connectivity index (χ1) is 7.76. The maximum absolute atomic E-state index is 6.15. The van der Waals surface area contributed by atoms with Crippen LogP contribution in [0.4, 0.5) is 0 Å². The zero-order chi connectivity index (χ0) is 11.5. The number of benzene rings is 1. The van der Waals surface area contributed by atoms with Crippen LogP contribution >= 0.6 is 11.8 Å². The van der Waals surface area contributed by atoms with Gasteiger partial charge in [0.2, 0.25) is 0 Å². The van der Waals surface area contributed by atoms with E-state index in [-0.39, 0.29) is 6.04 Å². The van der Waals surface area contributed by atoms with Gasteiger partial charge in [-0.2, -0.15) is 11.8 Å². The highest BCUT2D eigenvalue weighted by molar-refractivity contribution is 7.98. The first-order valence-electron chi connectivity index (χ1n) is 5.34. The molecule has 0 amide bonds. The fourth-order valence-electron chi connectivity index (χ4n) is 1.95. The van der Waals surface area contributed by atoms with Crippen LogP contribution in [0.5, 0.6) is 11.5 Å². The van der Waals surface area contributed by atoms with Crippen molar-refractivity contribution in [1.82, 2.24) is 0 Å². The molecule has 0 aliphatic carbocycles. The molecule has 16 heavy (non-hydrogen) atoms. The SMILES string of the molecule is COc1cc2c(cc1OC)[C@@H](N)CCSC2. The summed E-state index contributed by atoms with van der Waals surface area (Å²) in [7, 11) is 3.31. The summed E-state index contributed by atoms with van der Waals surface area (Å²) in [6.45, 7) is 0. The van der Waals surface area contributed by atoms with Gasteiger partial charge in [-0.3, -0.25) is 0 Å². The zero-order valence-electron chi connectivity index (χ0n) is 9.66. The lowest BCUT2D eigenvalue weighted by molar-refractivity contribution is 0.354. The lowest BCUT2D eigenvalue weighted by atomic mass is 9.99. The van der Waals surface area contributed by atoms with Gasteiger partial charge in [-0.25, -0.2) is 0 Å². The number of rotatable bonds is 2. The van der Waals surface area contributed by atoms with Crippen molar-refractivity contribution in [2.45, 2.75) is 18.2 Å². The first-order valence-corrected chi connectivity index (χ1v) is 6.50. The van der Waals surface area contributed by atoms with Crippen LogP contribution in [-0.4, -0.2) is 20.0 Å². The minimum atomic E-state index is 0.116. The molecule has 88 valence electrons. The number of nitrogens with two attached hydrogens (primary N) is 1. The molecule has 0 unspecified atom stereocenters. The van der Waals surface area contributed by atoms with Crippen LogP contribution in [0.25, 0.3) is 0 Å². The summed E-state index contributed by atoms with van der Waals surface area (Å²) in [5.41, 5.74) is 8.62. The van der Waals surface area contributed by atoms with E-state index in [1.807, 2.05) is 23.9 Å². The van der Waals surface area contributed by atoms with Crippen molar-refractivity contribution >= 4 is 11.8 Å². The van der Waals surface area contributed by atoms with E-state index < -0.39 is 0 Å². The lowest BCUT2D eigenvalue weighted by Gasteiger charge is -2.16. The van der Waals surface area contributed by atoms with E-state index in [0.717, 1.165) is 29.4 Å². The smallest absolute Gasteiger partial charge is 0.161 e. The largest absolute Gasteiger partial charge is 0.493 e. The minimum absolute atomic E-state index is 0.116. The van der Waals surface area contributed by atoms with Crippen LogP contribution in [-0.2, 0) is 5.75 Å². The first kappa shape index (κ1) is 11.6. The van der Waals surface area contributed by atoms with Crippen LogP contribution in [0.3, 0.4) is 0 Å². The van der Waals surface area contributed by atoms with Gasteiger partial charge in [0.25, 0.3) is 0 Å². The third-order valence-corrected chi connectivity index (χ3v) is 3.92. The van der Waals surface area contributed by atoms with Crippen molar-refractivity contribution in [2.75, 3.05) is 20.0 Å². The van der Waals surface area contributed by atoms with E-state index in [1.54, 1.807) is 14.2 Å². The average molecular weight is 239 g/mol. The number of thioether (sulfide) groups is 1. The van der Waals surface area contributed by atoms with Crippen molar-refractivity contribution < 1.29 is 9.47 Å². The van der Waals surface area contributed by atoms with Gasteiger partial charge in [-0.15, -0.1) is 0 Å². The molecule has 0 saturated carbocycles. The number of methoxy groups -OCH3 is 2. The molecule has 4 heteroatoms. The van der Waals surface area contributed by atoms with Gasteiger partial charge >= 0.3 is 0 Å². The molecule has 1 aromatic rings. The van der Waals surface area contributed by atoms with Crippen LogP contribution in [0.15, 0.2) is 12.1 Å². The van der Waals surface area contributed by atoms with Crippen molar-refractivity contribution in [1.29, 1.82) is 0 Å². The second kappa shape index (κ2) is 4.97. The number of hydrogen-bond donors (Lipinski definition) is 1. The van der Waals surface area contributed by atoms with Crippen molar-refractivity contribution in [2.24, 2.45) is 5.73 Å². The molecular formula is C12H17NO2S. The molecule has 3 nitrogen and oxygen atoms in total. The summed E-state index contributed by atoms with van der Waals surface area (Å²) < 4.78 is 10.6. The zero-order valence-corrected chi connectivity index (χ0v) is 10.5. The number of fused-ring (bicyclic) bond motifs is 1. The van der Waals surface area contributed by atoms with E-state index >= 15 is 0 Å². The van der Waals surface area contributed by atoms with Crippen LogP contribution < -0.4 is 15.2 Å². The normalized spacial score (nSPS) is 19.8. The molecule has 0 fully saturated rings. The molecule has 1 heterocycles. The van der Waals surface area contributed by atoms with Gasteiger partial charge in [0.05, 0.1) is 14.2 Å². The summed E-state index contributed by atoms with van der Waals surface area (Å²) in [5, 5.41) is 0. The van der Waals surface area contributed by atoms with E-state index in [2.05, 4.69) is 0 Å². The van der Waals surface area contributed by atoms with E-state index in [9.17, 15) is 0 Å². The summed E-state index contributed by atoms with van der Waals surface area (Å²) in [6.07, 6.45) is 1.02. The average Bonchev–Trinajstić information content (AvgIpc) is 2.49. The van der Waals surface area contributed by atoms with Gasteiger partial charge < -0.3 is 15.2 Å². The Bertz CT molecular complexity index is 382. The summed E-state index contributed by atoms with van der Waals surface area (Å²) in [5.74, 6) is 3.67. The molecule has 0 bridgehead atoms. The molecule has 0 saturated heterocycles. The number of hydrogen-bond acceptors (Lipinski definition) is 4. The lowest BCUT2D eigenvalue weighted by Crippen LogP contribution is -2.11. The Morgan fingerprint density at radius 3 is 2.62 bits per heavy atom. The van der Waals surface area contributed by atoms with Crippen molar-refractivity contribution in [3.8, 4) is 11.5 Å². The molecule has 2 rings (SSSR count). The molecule has 1 aliphatic rings. The molecule has 1 aliphatic heterocycles. The molecular weight excluding hydrogens is 222 g/mol. The highest BCUT2D eigenvalue weighted by atomic mass is 32.2. The summed E-state index contributed by atoms with van der Waals surface area (Å²) >= 11 is 1.92. The van der Waals surface area contributed by atoms with Gasteiger partial charge in [-0.1, -0.05) is 0 Å². The Balaban J connectivity index is 2.47. The summed E-state index contributed by atoms with van der Waals surface area (Å²) in [4.78, 5) is 0. The molecule has 1 aromatic carbocycles. The van der Waals surface area contributed by atoms with Crippen molar-refractivity contribution in [3.63, 3.8) is 0 Å². The number of ether oxygens (including phenoxy) is 2. The second-order valence-electron chi connectivity index (χ2n) is 3.85. The monoisotopic (exact) mass is 239 g/mol. The molecule has 0 radical (unpaired) electrons. The Morgan fingerprint density at radius 1 is 1.25 bits per heavy atom. The van der Waals surface area contributed by atoms with Gasteiger partial charge in [0.15, 0.2) is 11.5 Å². The molecule has 2 N–H and O–H groups in total. The maximum Gasteiger partial charge on any atom is 0.161 e. The Labute approximate surface area is 100 Å². The Kier molecular flexibility index (Phi) is 3.61. The van der Waals surface area contributed by atoms with Gasteiger partial charge in [0.1, 0.15) is 0 Å². The standard InChI is InChI=1S/C12H17NO2S/c1-14-11-5-8-7-16-4-3-10(13)9(8)6-12(11)15-2/h5-6,10H,3-4,7,13H2,1-2H3/t10-/m0/s1. The predicted molar refractivity (Wildman–Crippen MR) is 67.3 cm³/mol. The van der Waals surface area contributed by atoms with Crippen LogP contribution in [0, 0.1) is 0 Å². The third kappa shape index (κ3) is 2.13. The predicted octanol–water partition coefficient (Wildman–Crippen LogP) is 2.34. The summed E-state index contributed by atoms with van der Waals surface area (Å²) in [6, 6.07) is 4.18. The van der Waals surface area contributed by atoms with E-state index in [1.165, 1.54) is 11.1 Å². The molecule has 0 aromatic heterocycles. The van der Waals surface area contributed by atoms with Gasteiger partial charge in [0, 0.05) is 11.8 Å². The highest BCUT2D eigenvalue weighted by Crippen LogP contribution is 2.37. The van der Waals surface area contributed by atoms with Crippen LogP contribution in [0.2, 0.25) is 0 Å². The molecule has 0 spiro atoms. The van der Waals surface area contributed by atoms with E-state index in [0.29, 0.717) is 0 Å². The second-order valence-corrected chi connectivity index (χ2v) is 4.96. The maximum atomic E-state index is 6.15. The van der Waals surface area contributed by atoms with Crippen molar-refractivity contribution in [3.05, 3.63) is 23.3 Å². The topological polar surface area (TPSA) is 44.5 Å². The van der Waals surface area contributed by atoms with Gasteiger partial charge in [-0.05, 0) is 35.4 Å². The fraction of sp³-hybridized carbons (Fsp3) is 0.500. The minimum Gasteiger partial charge on any atom is -0.493 e. The highest BCUT2D eigenvalue weighted by Gasteiger charge is 2.18. The van der Waals surface area contributed by atoms with Crippen LogP contribution in [0.1, 0.15) is 23.6 Å².